The van der Waals surface area contributed by atoms with Gasteiger partial charge in [-0.15, -0.1) is 0 Å². The molecule has 16 heavy (non-hydrogen) atoms. The second kappa shape index (κ2) is 9.45. The molecule has 0 fully saturated rings. The second-order valence-electron chi connectivity index (χ2n) is 3.47. The highest BCUT2D eigenvalue weighted by Crippen LogP contribution is 2.13. The third-order valence-electron chi connectivity index (χ3n) is 1.95. The molecule has 3 nitrogen and oxygen atoms in total. The van der Waals surface area contributed by atoms with Crippen molar-refractivity contribution in [2.45, 2.75) is 58.2 Å². The van der Waals surface area contributed by atoms with Crippen LogP contribution in [0.25, 0.3) is 0 Å². The van der Waals surface area contributed by atoms with E-state index < -0.39 is 12.1 Å². The van der Waals surface area contributed by atoms with Crippen LogP contribution in [0.1, 0.15) is 46.0 Å². The molecule has 0 aliphatic rings. The molecule has 0 bridgehead atoms. The number of carboxylic acid groups (broad SMARTS) is 1. The van der Waals surface area contributed by atoms with Gasteiger partial charge in [0, 0.05) is 6.04 Å². The number of alkyl halides is 3. The summed E-state index contributed by atoms with van der Waals surface area (Å²) in [5.41, 5.74) is 5.71. The molecule has 0 aliphatic carbocycles. The summed E-state index contributed by atoms with van der Waals surface area (Å²) >= 11 is 0. The lowest BCUT2D eigenvalue weighted by Gasteiger charge is -2.05. The fraction of sp³-hybridized carbons (Fsp3) is 0.900. The molecule has 0 aromatic carbocycles. The van der Waals surface area contributed by atoms with Gasteiger partial charge in [-0.25, -0.2) is 4.79 Å². The quantitative estimate of drug-likeness (QED) is 0.730. The van der Waals surface area contributed by atoms with Crippen LogP contribution in [0.5, 0.6) is 0 Å². The van der Waals surface area contributed by atoms with Gasteiger partial charge in [0.05, 0.1) is 0 Å². The lowest BCUT2D eigenvalue weighted by atomic mass is 10.1. The molecular formula is C10H20F3NO2. The molecule has 1 unspecified atom stereocenters. The van der Waals surface area contributed by atoms with Crippen LogP contribution in [0, 0.1) is 0 Å². The van der Waals surface area contributed by atoms with Crippen molar-refractivity contribution in [1.82, 2.24) is 0 Å². The summed E-state index contributed by atoms with van der Waals surface area (Å²) in [5.74, 6) is -2.76. The van der Waals surface area contributed by atoms with Gasteiger partial charge in [0.2, 0.25) is 0 Å². The Morgan fingerprint density at radius 2 is 1.75 bits per heavy atom. The lowest BCUT2D eigenvalue weighted by Crippen LogP contribution is -2.21. The first-order chi connectivity index (χ1) is 7.25. The summed E-state index contributed by atoms with van der Waals surface area (Å²) in [6.07, 6.45) is 1.21. The number of carbonyl (C=O) groups is 1. The van der Waals surface area contributed by atoms with Crippen LogP contribution in [-0.2, 0) is 4.79 Å². The van der Waals surface area contributed by atoms with Crippen molar-refractivity contribution in [2.24, 2.45) is 5.73 Å². The summed E-state index contributed by atoms with van der Waals surface area (Å²) in [6.45, 7) is 4.37. The van der Waals surface area contributed by atoms with Gasteiger partial charge in [0.25, 0.3) is 0 Å². The summed E-state index contributed by atoms with van der Waals surface area (Å²) in [4.78, 5) is 8.90. The maximum Gasteiger partial charge on any atom is 0.490 e. The SMILES string of the molecule is CCCCCC(N)CC.O=C(O)C(F)(F)F. The molecule has 0 saturated carbocycles. The second-order valence-corrected chi connectivity index (χ2v) is 3.47. The predicted molar refractivity (Wildman–Crippen MR) is 56.1 cm³/mol. The number of carboxylic acids is 1. The molecule has 0 heterocycles. The number of halogens is 3. The molecule has 0 amide bonds. The Balaban J connectivity index is 0. The molecule has 1 atom stereocenters. The van der Waals surface area contributed by atoms with E-state index in [1.807, 2.05) is 0 Å². The average molecular weight is 243 g/mol. The maximum absolute atomic E-state index is 10.6. The van der Waals surface area contributed by atoms with Gasteiger partial charge >= 0.3 is 12.1 Å². The number of hydrogen-bond acceptors (Lipinski definition) is 2. The Morgan fingerprint density at radius 3 is 2.00 bits per heavy atom. The van der Waals surface area contributed by atoms with E-state index in [1.54, 1.807) is 0 Å². The van der Waals surface area contributed by atoms with Crippen LogP contribution in [0.2, 0.25) is 0 Å². The number of rotatable bonds is 5. The van der Waals surface area contributed by atoms with Crippen molar-refractivity contribution < 1.29 is 23.1 Å². The van der Waals surface area contributed by atoms with E-state index in [9.17, 15) is 13.2 Å². The summed E-state index contributed by atoms with van der Waals surface area (Å²) < 4.78 is 31.7. The van der Waals surface area contributed by atoms with E-state index in [0.29, 0.717) is 6.04 Å². The van der Waals surface area contributed by atoms with Gasteiger partial charge in [0.15, 0.2) is 0 Å². The highest BCUT2D eigenvalue weighted by Gasteiger charge is 2.38. The van der Waals surface area contributed by atoms with Gasteiger partial charge in [-0.3, -0.25) is 0 Å². The van der Waals surface area contributed by atoms with Crippen LogP contribution in [0.15, 0.2) is 0 Å². The van der Waals surface area contributed by atoms with Crippen LogP contribution >= 0.6 is 0 Å². The first kappa shape index (κ1) is 17.6. The highest BCUT2D eigenvalue weighted by molar-refractivity contribution is 5.73. The number of hydrogen-bond donors (Lipinski definition) is 2. The van der Waals surface area contributed by atoms with E-state index in [2.05, 4.69) is 13.8 Å². The fourth-order valence-electron chi connectivity index (χ4n) is 0.861. The molecule has 6 heteroatoms. The van der Waals surface area contributed by atoms with Crippen LogP contribution in [0.4, 0.5) is 13.2 Å². The zero-order valence-corrected chi connectivity index (χ0v) is 9.68. The monoisotopic (exact) mass is 243 g/mol. The Labute approximate surface area is 93.8 Å². The third-order valence-corrected chi connectivity index (χ3v) is 1.95. The maximum atomic E-state index is 10.6. The van der Waals surface area contributed by atoms with E-state index in [-0.39, 0.29) is 0 Å². The molecule has 0 aromatic rings. The van der Waals surface area contributed by atoms with Crippen molar-refractivity contribution in [3.8, 4) is 0 Å². The predicted octanol–water partition coefficient (Wildman–Crippen LogP) is 2.94. The Hall–Kier alpha value is -0.780. The number of aliphatic carboxylic acids is 1. The van der Waals surface area contributed by atoms with Gasteiger partial charge < -0.3 is 10.8 Å². The van der Waals surface area contributed by atoms with E-state index in [4.69, 9.17) is 15.6 Å². The minimum Gasteiger partial charge on any atom is -0.475 e. The lowest BCUT2D eigenvalue weighted by molar-refractivity contribution is -0.192. The smallest absolute Gasteiger partial charge is 0.475 e. The Morgan fingerprint density at radius 1 is 1.31 bits per heavy atom. The van der Waals surface area contributed by atoms with Crippen molar-refractivity contribution in [2.75, 3.05) is 0 Å². The minimum atomic E-state index is -5.08. The largest absolute Gasteiger partial charge is 0.490 e. The van der Waals surface area contributed by atoms with Crippen molar-refractivity contribution >= 4 is 5.97 Å². The highest BCUT2D eigenvalue weighted by atomic mass is 19.4. The van der Waals surface area contributed by atoms with Gasteiger partial charge in [-0.1, -0.05) is 33.1 Å². The van der Waals surface area contributed by atoms with E-state index in [1.165, 1.54) is 25.7 Å². The molecule has 0 saturated heterocycles. The fourth-order valence-corrected chi connectivity index (χ4v) is 0.861. The van der Waals surface area contributed by atoms with Gasteiger partial charge in [0.1, 0.15) is 0 Å². The van der Waals surface area contributed by atoms with Crippen molar-refractivity contribution in [3.63, 3.8) is 0 Å². The van der Waals surface area contributed by atoms with Crippen LogP contribution < -0.4 is 5.73 Å². The average Bonchev–Trinajstić information content (AvgIpc) is 2.17. The Bertz CT molecular complexity index is 183. The standard InChI is InChI=1S/C8H19N.C2HF3O2/c1-3-5-6-7-8(9)4-2;3-2(4,5)1(6)7/h8H,3-7,9H2,1-2H3;(H,6,7). The van der Waals surface area contributed by atoms with Crippen molar-refractivity contribution in [1.29, 1.82) is 0 Å². The zero-order chi connectivity index (χ0) is 13.2. The topological polar surface area (TPSA) is 63.3 Å². The van der Waals surface area contributed by atoms with Gasteiger partial charge in [-0.05, 0) is 12.8 Å². The molecule has 0 radical (unpaired) electrons. The first-order valence-electron chi connectivity index (χ1n) is 5.31. The minimum absolute atomic E-state index is 0.455. The zero-order valence-electron chi connectivity index (χ0n) is 9.68. The van der Waals surface area contributed by atoms with E-state index in [0.717, 1.165) is 6.42 Å². The van der Waals surface area contributed by atoms with Crippen molar-refractivity contribution in [3.05, 3.63) is 0 Å². The molecular weight excluding hydrogens is 223 g/mol. The Kier molecular flexibility index (Phi) is 10.4. The number of nitrogens with two attached hydrogens (primary N) is 1. The van der Waals surface area contributed by atoms with E-state index >= 15 is 0 Å². The molecule has 0 spiro atoms. The molecule has 0 aromatic heterocycles. The van der Waals surface area contributed by atoms with Crippen LogP contribution in [-0.4, -0.2) is 23.3 Å². The molecule has 98 valence electrons. The molecule has 0 aliphatic heterocycles. The normalized spacial score (nSPS) is 12.6. The summed E-state index contributed by atoms with van der Waals surface area (Å²) in [6, 6.07) is 0.455. The molecule has 0 rings (SSSR count). The third kappa shape index (κ3) is 13.2. The first-order valence-corrected chi connectivity index (χ1v) is 5.31. The van der Waals surface area contributed by atoms with Gasteiger partial charge in [-0.2, -0.15) is 13.2 Å². The number of unbranched alkanes of at least 4 members (excludes halogenated alkanes) is 2. The molecule has 3 N–H and O–H groups in total. The summed E-state index contributed by atoms with van der Waals surface area (Å²) in [5, 5.41) is 7.12. The van der Waals surface area contributed by atoms with Crippen LogP contribution in [0.3, 0.4) is 0 Å². The summed E-state index contributed by atoms with van der Waals surface area (Å²) in [7, 11) is 0.